The second-order valence-electron chi connectivity index (χ2n) is 8.74. The topological polar surface area (TPSA) is 56.6 Å². The monoisotopic (exact) mass is 411 g/mol. The van der Waals surface area contributed by atoms with Crippen LogP contribution in [0.15, 0.2) is 24.4 Å². The maximum atomic E-state index is 12.4. The molecule has 0 atom stereocenters. The van der Waals surface area contributed by atoms with Crippen molar-refractivity contribution in [1.82, 2.24) is 14.7 Å². The molecule has 0 aliphatic heterocycles. The van der Waals surface area contributed by atoms with E-state index in [2.05, 4.69) is 30.2 Å². The first-order valence-corrected chi connectivity index (χ1v) is 11.2. The van der Waals surface area contributed by atoms with Crippen molar-refractivity contribution >= 4 is 6.09 Å². The molecule has 2 saturated carbocycles. The maximum Gasteiger partial charge on any atom is 0.410 e. The summed E-state index contributed by atoms with van der Waals surface area (Å²) in [6, 6.07) is 6.60. The van der Waals surface area contributed by atoms with Crippen LogP contribution < -0.4 is 4.74 Å². The number of benzene rings is 1. The van der Waals surface area contributed by atoms with Crippen LogP contribution in [0.3, 0.4) is 0 Å². The van der Waals surface area contributed by atoms with Gasteiger partial charge >= 0.3 is 6.09 Å². The van der Waals surface area contributed by atoms with Crippen molar-refractivity contribution in [3.8, 4) is 16.9 Å². The van der Waals surface area contributed by atoms with E-state index in [0.717, 1.165) is 53.8 Å². The highest BCUT2D eigenvalue weighted by atomic mass is 16.6. The minimum absolute atomic E-state index is 0.209. The lowest BCUT2D eigenvalue weighted by Crippen LogP contribution is -2.41. The number of aromatic nitrogens is 2. The lowest BCUT2D eigenvalue weighted by molar-refractivity contribution is 0.0734. The quantitative estimate of drug-likeness (QED) is 0.653. The molecule has 1 amide bonds. The molecule has 0 saturated heterocycles. The third kappa shape index (κ3) is 4.47. The average Bonchev–Trinajstić information content (AvgIpc) is 3.07. The summed E-state index contributed by atoms with van der Waals surface area (Å²) in [4.78, 5) is 14.1. The summed E-state index contributed by atoms with van der Waals surface area (Å²) in [5.41, 5.74) is 4.07. The Balaban J connectivity index is 1.45. The molecule has 2 aliphatic carbocycles. The van der Waals surface area contributed by atoms with E-state index in [4.69, 9.17) is 9.47 Å². The predicted octanol–water partition coefficient (Wildman–Crippen LogP) is 5.23. The zero-order valence-electron chi connectivity index (χ0n) is 18.4. The lowest BCUT2D eigenvalue weighted by Gasteiger charge is -2.33. The van der Waals surface area contributed by atoms with Gasteiger partial charge in [-0.1, -0.05) is 12.5 Å². The third-order valence-electron chi connectivity index (χ3n) is 6.64. The largest absolute Gasteiger partial charge is 0.490 e. The first-order chi connectivity index (χ1) is 14.5. The van der Waals surface area contributed by atoms with Crippen molar-refractivity contribution in [2.24, 2.45) is 7.05 Å². The number of aryl methyl sites for hydroxylation is 2. The summed E-state index contributed by atoms with van der Waals surface area (Å²) in [6.07, 6.45) is 11.4. The van der Waals surface area contributed by atoms with E-state index in [9.17, 15) is 4.79 Å². The van der Waals surface area contributed by atoms with Gasteiger partial charge in [0.25, 0.3) is 0 Å². The number of hydrogen-bond acceptors (Lipinski definition) is 4. The Morgan fingerprint density at radius 2 is 1.93 bits per heavy atom. The summed E-state index contributed by atoms with van der Waals surface area (Å²) in [5, 5.41) is 4.40. The molecule has 0 N–H and O–H groups in total. The number of amides is 1. The number of ether oxygens (including phenoxy) is 2. The van der Waals surface area contributed by atoms with E-state index in [1.54, 1.807) is 9.58 Å². The fourth-order valence-electron chi connectivity index (χ4n) is 4.34. The Morgan fingerprint density at radius 1 is 1.17 bits per heavy atom. The van der Waals surface area contributed by atoms with E-state index in [1.807, 2.05) is 20.3 Å². The number of carbonyl (C=O) groups excluding carboxylic acids is 1. The molecule has 0 radical (unpaired) electrons. The van der Waals surface area contributed by atoms with Gasteiger partial charge in [-0.25, -0.2) is 4.79 Å². The smallest absolute Gasteiger partial charge is 0.410 e. The third-order valence-corrected chi connectivity index (χ3v) is 6.64. The predicted molar refractivity (Wildman–Crippen MR) is 116 cm³/mol. The Bertz CT molecular complexity index is 882. The van der Waals surface area contributed by atoms with Gasteiger partial charge in [0.2, 0.25) is 0 Å². The molecule has 0 spiro atoms. The molecular weight excluding hydrogens is 378 g/mol. The van der Waals surface area contributed by atoms with Crippen molar-refractivity contribution in [2.75, 3.05) is 7.05 Å². The number of carbonyl (C=O) groups is 1. The summed E-state index contributed by atoms with van der Waals surface area (Å²) >= 11 is 0. The first kappa shape index (κ1) is 20.8. The van der Waals surface area contributed by atoms with Crippen LogP contribution in [0.5, 0.6) is 5.75 Å². The van der Waals surface area contributed by atoms with Gasteiger partial charge in [0.15, 0.2) is 0 Å². The second kappa shape index (κ2) is 9.11. The molecule has 2 aromatic rings. The average molecular weight is 412 g/mol. The Morgan fingerprint density at radius 3 is 2.60 bits per heavy atom. The fraction of sp³-hybridized carbons (Fsp3) is 0.583. The van der Waals surface area contributed by atoms with E-state index in [1.165, 1.54) is 25.7 Å². The van der Waals surface area contributed by atoms with Gasteiger partial charge < -0.3 is 14.4 Å². The number of nitrogens with zero attached hydrogens (tertiary/aromatic N) is 3. The Hall–Kier alpha value is -2.50. The molecule has 162 valence electrons. The highest BCUT2D eigenvalue weighted by Crippen LogP contribution is 2.31. The maximum absolute atomic E-state index is 12.4. The van der Waals surface area contributed by atoms with Crippen LogP contribution in [0.4, 0.5) is 4.79 Å². The molecule has 1 aromatic heterocycles. The molecule has 0 unspecified atom stereocenters. The fourth-order valence-corrected chi connectivity index (χ4v) is 4.34. The van der Waals surface area contributed by atoms with Crippen LogP contribution in [0, 0.1) is 6.92 Å². The van der Waals surface area contributed by atoms with Crippen LogP contribution in [0.2, 0.25) is 0 Å². The van der Waals surface area contributed by atoms with Crippen molar-refractivity contribution in [2.45, 2.75) is 77.0 Å². The van der Waals surface area contributed by atoms with E-state index in [-0.39, 0.29) is 12.7 Å². The van der Waals surface area contributed by atoms with Gasteiger partial charge in [-0.05, 0) is 75.1 Å². The zero-order valence-corrected chi connectivity index (χ0v) is 18.4. The highest BCUT2D eigenvalue weighted by Gasteiger charge is 2.27. The molecular formula is C24H33N3O3. The number of rotatable bonds is 6. The van der Waals surface area contributed by atoms with E-state index >= 15 is 0 Å². The molecule has 6 nitrogen and oxygen atoms in total. The van der Waals surface area contributed by atoms with Gasteiger partial charge in [0.05, 0.1) is 18.0 Å². The van der Waals surface area contributed by atoms with Crippen LogP contribution in [0.25, 0.3) is 11.1 Å². The summed E-state index contributed by atoms with van der Waals surface area (Å²) < 4.78 is 13.6. The lowest BCUT2D eigenvalue weighted by atomic mass is 9.92. The molecule has 2 aliphatic rings. The SMILES string of the molecule is Cc1cc(-c2cnn(C)c2COC(=O)N(C)C2CCC2)ccc1OC1CCCCC1. The molecule has 0 bridgehead atoms. The first-order valence-electron chi connectivity index (χ1n) is 11.2. The standard InChI is InChI=1S/C24H33N3O3/c1-17-14-18(12-13-23(17)30-20-10-5-4-6-11-20)21-15-25-27(3)22(21)16-29-24(28)26(2)19-8-7-9-19/h12-15,19-20H,4-11,16H2,1-3H3. The number of hydrogen-bond donors (Lipinski definition) is 0. The Kier molecular flexibility index (Phi) is 6.30. The van der Waals surface area contributed by atoms with Gasteiger partial charge in [-0.3, -0.25) is 4.68 Å². The highest BCUT2D eigenvalue weighted by molar-refractivity contribution is 5.70. The van der Waals surface area contributed by atoms with Crippen LogP contribution in [0.1, 0.15) is 62.6 Å². The summed E-state index contributed by atoms with van der Waals surface area (Å²) in [6.45, 7) is 2.30. The molecule has 4 rings (SSSR count). The zero-order chi connectivity index (χ0) is 21.1. The molecule has 30 heavy (non-hydrogen) atoms. The van der Waals surface area contributed by atoms with Crippen LogP contribution in [-0.2, 0) is 18.4 Å². The Labute approximate surface area is 179 Å². The molecule has 1 aromatic carbocycles. The van der Waals surface area contributed by atoms with Crippen molar-refractivity contribution in [3.05, 3.63) is 35.7 Å². The summed E-state index contributed by atoms with van der Waals surface area (Å²) in [7, 11) is 3.71. The minimum Gasteiger partial charge on any atom is -0.490 e. The molecule has 2 fully saturated rings. The normalized spacial score (nSPS) is 17.4. The van der Waals surface area contributed by atoms with Gasteiger partial charge in [-0.15, -0.1) is 0 Å². The molecule has 1 heterocycles. The van der Waals surface area contributed by atoms with Crippen LogP contribution >= 0.6 is 0 Å². The van der Waals surface area contributed by atoms with Crippen LogP contribution in [-0.4, -0.2) is 40.0 Å². The van der Waals surface area contributed by atoms with Crippen molar-refractivity contribution in [1.29, 1.82) is 0 Å². The minimum atomic E-state index is -0.265. The van der Waals surface area contributed by atoms with Gasteiger partial charge in [-0.2, -0.15) is 5.10 Å². The second-order valence-corrected chi connectivity index (χ2v) is 8.74. The van der Waals surface area contributed by atoms with Crippen molar-refractivity contribution < 1.29 is 14.3 Å². The van der Waals surface area contributed by atoms with Gasteiger partial charge in [0, 0.05) is 25.7 Å². The van der Waals surface area contributed by atoms with Crippen molar-refractivity contribution in [3.63, 3.8) is 0 Å². The molecule has 6 heteroatoms. The van der Waals surface area contributed by atoms with E-state index in [0.29, 0.717) is 12.1 Å². The van der Waals surface area contributed by atoms with Gasteiger partial charge in [0.1, 0.15) is 12.4 Å². The summed E-state index contributed by atoms with van der Waals surface area (Å²) in [5.74, 6) is 0.963. The van der Waals surface area contributed by atoms with E-state index < -0.39 is 0 Å².